The van der Waals surface area contributed by atoms with Gasteiger partial charge < -0.3 is 14.6 Å². The normalized spacial score (nSPS) is 10.7. The van der Waals surface area contributed by atoms with E-state index in [2.05, 4.69) is 29.6 Å². The van der Waals surface area contributed by atoms with Gasteiger partial charge in [0.15, 0.2) is 0 Å². The van der Waals surface area contributed by atoms with Crippen molar-refractivity contribution in [2.45, 2.75) is 19.4 Å². The Morgan fingerprint density at radius 3 is 2.37 bits per heavy atom. The van der Waals surface area contributed by atoms with Crippen molar-refractivity contribution in [2.75, 3.05) is 0 Å². The monoisotopic (exact) mass is 413 g/mol. The van der Waals surface area contributed by atoms with E-state index < -0.39 is 5.97 Å². The molecule has 0 amide bonds. The Morgan fingerprint density at radius 1 is 0.867 bits per heavy atom. The zero-order valence-corrected chi connectivity index (χ0v) is 17.2. The van der Waals surface area contributed by atoms with Gasteiger partial charge in [-0.05, 0) is 52.6 Å². The second-order valence-electron chi connectivity index (χ2n) is 7.00. The van der Waals surface area contributed by atoms with E-state index in [0.29, 0.717) is 13.0 Å². The summed E-state index contributed by atoms with van der Waals surface area (Å²) in [6.07, 6.45) is 0.480. The van der Waals surface area contributed by atoms with Crippen LogP contribution in [-0.4, -0.2) is 5.97 Å². The van der Waals surface area contributed by atoms with Crippen LogP contribution in [0.15, 0.2) is 90.3 Å². The van der Waals surface area contributed by atoms with Crippen LogP contribution in [0.5, 0.6) is 5.75 Å². The van der Waals surface area contributed by atoms with E-state index in [1.165, 1.54) is 0 Å². The highest BCUT2D eigenvalue weighted by Gasteiger charge is 2.12. The molecular weight excluding hydrogens is 392 g/mol. The van der Waals surface area contributed by atoms with E-state index in [0.717, 1.165) is 38.4 Å². The van der Waals surface area contributed by atoms with Gasteiger partial charge in [0.25, 0.3) is 0 Å². The summed E-state index contributed by atoms with van der Waals surface area (Å²) in [6, 6.07) is 28.2. The minimum absolute atomic E-state index is 0.0193. The third-order valence-electron chi connectivity index (χ3n) is 4.92. The number of ether oxygens (including phenoxy) is 1. The highest BCUT2D eigenvalue weighted by molar-refractivity contribution is 7.14. The Bertz CT molecular complexity index is 1130. The van der Waals surface area contributed by atoms with Gasteiger partial charge in [0.1, 0.15) is 12.4 Å². The molecule has 0 aliphatic rings. The number of thiophene rings is 1. The van der Waals surface area contributed by atoms with E-state index in [1.807, 2.05) is 60.7 Å². The van der Waals surface area contributed by atoms with Crippen molar-refractivity contribution in [3.63, 3.8) is 0 Å². The number of benzene rings is 3. The molecule has 3 nitrogen and oxygen atoms in total. The number of carboxylic acids is 1. The molecule has 0 atom stereocenters. The summed E-state index contributed by atoms with van der Waals surface area (Å²) in [5.74, 6) is -0.183. The second kappa shape index (κ2) is 9.42. The van der Waals surface area contributed by atoms with Gasteiger partial charge >= 0.3 is 0 Å². The van der Waals surface area contributed by atoms with Crippen molar-refractivity contribution in [2.24, 2.45) is 0 Å². The van der Waals surface area contributed by atoms with E-state index in [1.54, 1.807) is 11.3 Å². The first kappa shape index (κ1) is 19.9. The summed E-state index contributed by atoms with van der Waals surface area (Å²) in [4.78, 5) is 12.0. The quantitative estimate of drug-likeness (QED) is 0.392. The number of carbonyl (C=O) groups excluding carboxylic acids is 1. The average Bonchev–Trinajstić information content (AvgIpc) is 3.27. The van der Waals surface area contributed by atoms with Crippen molar-refractivity contribution in [3.05, 3.63) is 101 Å². The molecule has 1 aromatic heterocycles. The molecule has 4 rings (SSSR count). The van der Waals surface area contributed by atoms with Crippen molar-refractivity contribution >= 4 is 17.3 Å². The Labute approximate surface area is 180 Å². The van der Waals surface area contributed by atoms with Crippen LogP contribution < -0.4 is 9.84 Å². The van der Waals surface area contributed by atoms with Gasteiger partial charge in [0, 0.05) is 16.4 Å². The minimum atomic E-state index is -1.03. The molecule has 1 heterocycles. The van der Waals surface area contributed by atoms with Gasteiger partial charge in [-0.3, -0.25) is 0 Å². The highest BCUT2D eigenvalue weighted by Crippen LogP contribution is 2.38. The third-order valence-corrected chi connectivity index (χ3v) is 5.88. The van der Waals surface area contributed by atoms with Gasteiger partial charge in [-0.2, -0.15) is 0 Å². The Balaban J connectivity index is 1.59. The largest absolute Gasteiger partial charge is 0.550 e. The number of rotatable bonds is 8. The molecule has 0 aliphatic carbocycles. The van der Waals surface area contributed by atoms with Gasteiger partial charge in [0.05, 0.1) is 0 Å². The number of aryl methyl sites for hydroxylation is 1. The number of carbonyl (C=O) groups is 1. The third kappa shape index (κ3) is 4.78. The Kier molecular flexibility index (Phi) is 6.26. The lowest BCUT2D eigenvalue weighted by Gasteiger charge is -2.11. The molecule has 0 unspecified atom stereocenters. The fraction of sp³-hybridized carbons (Fsp3) is 0.115. The van der Waals surface area contributed by atoms with Crippen molar-refractivity contribution in [1.82, 2.24) is 0 Å². The first-order valence-electron chi connectivity index (χ1n) is 9.83. The predicted molar refractivity (Wildman–Crippen MR) is 119 cm³/mol. The maximum absolute atomic E-state index is 10.9. The summed E-state index contributed by atoms with van der Waals surface area (Å²) in [5.41, 5.74) is 5.35. The highest BCUT2D eigenvalue weighted by atomic mass is 32.1. The molecule has 0 spiro atoms. The molecule has 0 saturated heterocycles. The van der Waals surface area contributed by atoms with Crippen LogP contribution in [0.1, 0.15) is 17.5 Å². The summed E-state index contributed by atoms with van der Waals surface area (Å²) >= 11 is 1.65. The summed E-state index contributed by atoms with van der Waals surface area (Å²) < 4.78 is 6.11. The summed E-state index contributed by atoms with van der Waals surface area (Å²) in [7, 11) is 0. The van der Waals surface area contributed by atoms with Crippen LogP contribution >= 0.6 is 11.3 Å². The lowest BCUT2D eigenvalue weighted by Crippen LogP contribution is -2.22. The topological polar surface area (TPSA) is 49.4 Å². The molecule has 0 radical (unpaired) electrons. The number of aliphatic carboxylic acids is 1. The van der Waals surface area contributed by atoms with Crippen molar-refractivity contribution in [1.29, 1.82) is 0 Å². The van der Waals surface area contributed by atoms with Crippen LogP contribution in [0.2, 0.25) is 0 Å². The number of para-hydroxylation sites is 1. The first-order chi connectivity index (χ1) is 14.7. The molecular formula is C26H21O3S-. The lowest BCUT2D eigenvalue weighted by atomic mass is 10.0. The molecule has 0 bridgehead atoms. The van der Waals surface area contributed by atoms with Gasteiger partial charge in [-0.25, -0.2) is 0 Å². The maximum atomic E-state index is 10.9. The standard InChI is InChI=1S/C26H22O3S/c27-26(28)15-14-20-10-4-5-12-23(20)25-16-21(18-30-25)22-11-6-7-13-24(22)29-17-19-8-2-1-3-9-19/h1-13,16,18H,14-15,17H2,(H,27,28)/p-1. The zero-order valence-electron chi connectivity index (χ0n) is 16.4. The van der Waals surface area contributed by atoms with Crippen molar-refractivity contribution in [3.8, 4) is 27.3 Å². The molecule has 30 heavy (non-hydrogen) atoms. The van der Waals surface area contributed by atoms with Gasteiger partial charge in [-0.1, -0.05) is 72.8 Å². The van der Waals surface area contributed by atoms with E-state index in [4.69, 9.17) is 4.74 Å². The van der Waals surface area contributed by atoms with Gasteiger partial charge in [-0.15, -0.1) is 11.3 Å². The van der Waals surface area contributed by atoms with E-state index in [9.17, 15) is 9.90 Å². The lowest BCUT2D eigenvalue weighted by molar-refractivity contribution is -0.305. The molecule has 0 saturated carbocycles. The molecule has 3 aromatic carbocycles. The molecule has 0 fully saturated rings. The van der Waals surface area contributed by atoms with Crippen LogP contribution in [0.25, 0.3) is 21.6 Å². The van der Waals surface area contributed by atoms with Crippen LogP contribution in [0.3, 0.4) is 0 Å². The van der Waals surface area contributed by atoms with Crippen LogP contribution in [0, 0.1) is 0 Å². The number of hydrogen-bond donors (Lipinski definition) is 0. The molecule has 150 valence electrons. The maximum Gasteiger partial charge on any atom is 0.127 e. The Morgan fingerprint density at radius 2 is 1.57 bits per heavy atom. The summed E-state index contributed by atoms with van der Waals surface area (Å²) in [6.45, 7) is 0.515. The fourth-order valence-corrected chi connectivity index (χ4v) is 4.37. The predicted octanol–water partition coefficient (Wildman–Crippen LogP) is 5.34. The number of hydrogen-bond acceptors (Lipinski definition) is 4. The zero-order chi connectivity index (χ0) is 20.8. The van der Waals surface area contributed by atoms with E-state index in [-0.39, 0.29) is 6.42 Å². The first-order valence-corrected chi connectivity index (χ1v) is 10.7. The average molecular weight is 414 g/mol. The minimum Gasteiger partial charge on any atom is -0.550 e. The molecule has 0 aliphatic heterocycles. The number of carboxylic acid groups (broad SMARTS) is 1. The SMILES string of the molecule is O=C([O-])CCc1ccccc1-c1cc(-c2ccccc2OCc2ccccc2)cs1. The summed E-state index contributed by atoms with van der Waals surface area (Å²) in [5, 5.41) is 13.0. The van der Waals surface area contributed by atoms with Crippen LogP contribution in [-0.2, 0) is 17.8 Å². The van der Waals surface area contributed by atoms with Crippen LogP contribution in [0.4, 0.5) is 0 Å². The smallest absolute Gasteiger partial charge is 0.127 e. The molecule has 4 aromatic rings. The second-order valence-corrected chi connectivity index (χ2v) is 7.91. The van der Waals surface area contributed by atoms with Crippen molar-refractivity contribution < 1.29 is 14.6 Å². The molecule has 4 heteroatoms. The molecule has 0 N–H and O–H groups in total. The van der Waals surface area contributed by atoms with E-state index >= 15 is 0 Å². The van der Waals surface area contributed by atoms with Gasteiger partial charge in [0.2, 0.25) is 0 Å². The fourth-order valence-electron chi connectivity index (χ4n) is 3.40. The Hall–Kier alpha value is -3.37.